The molecule has 8 nitrogen and oxygen atoms in total. The van der Waals surface area contributed by atoms with E-state index < -0.39 is 11.9 Å². The minimum Gasteiger partial charge on any atom is -0.549 e. The van der Waals surface area contributed by atoms with E-state index in [9.17, 15) is 19.8 Å². The largest absolute Gasteiger partial charge is 1.00 e. The Morgan fingerprint density at radius 3 is 1.57 bits per heavy atom. The van der Waals surface area contributed by atoms with Gasteiger partial charge in [-0.05, 0) is 17.7 Å². The summed E-state index contributed by atoms with van der Waals surface area (Å²) in [6.07, 6.45) is 0. The first-order chi connectivity index (χ1) is 12.5. The zero-order chi connectivity index (χ0) is 18.9. The number of nitrogens with zero attached hydrogens (tertiary/aromatic N) is 3. The molecule has 0 N–H and O–H groups in total. The van der Waals surface area contributed by atoms with Crippen LogP contribution in [0.25, 0.3) is 0 Å². The first kappa shape index (κ1) is 27.0. The third-order valence-corrected chi connectivity index (χ3v) is 4.47. The van der Waals surface area contributed by atoms with E-state index in [0.717, 1.165) is 11.3 Å². The van der Waals surface area contributed by atoms with Crippen molar-refractivity contribution in [2.75, 3.05) is 59.5 Å². The Morgan fingerprint density at radius 2 is 1.21 bits per heavy atom. The van der Waals surface area contributed by atoms with Crippen molar-refractivity contribution >= 4 is 11.9 Å². The van der Waals surface area contributed by atoms with Crippen LogP contribution in [0.3, 0.4) is 0 Å². The van der Waals surface area contributed by atoms with Crippen molar-refractivity contribution in [2.45, 2.75) is 6.54 Å². The van der Waals surface area contributed by atoms with Crippen LogP contribution in [0.2, 0.25) is 0 Å². The molecule has 1 aliphatic heterocycles. The molecule has 1 aromatic rings. The van der Waals surface area contributed by atoms with E-state index in [1.807, 2.05) is 24.3 Å². The van der Waals surface area contributed by atoms with Gasteiger partial charge in [0.25, 0.3) is 0 Å². The van der Waals surface area contributed by atoms with Gasteiger partial charge in [-0.1, -0.05) is 12.1 Å². The summed E-state index contributed by atoms with van der Waals surface area (Å²) in [5.74, 6) is -1.46. The molecule has 0 atom stereocenters. The minimum absolute atomic E-state index is 0. The molecule has 28 heavy (non-hydrogen) atoms. The summed E-state index contributed by atoms with van der Waals surface area (Å²) in [5.41, 5.74) is 1.11. The molecule has 1 saturated heterocycles. The van der Waals surface area contributed by atoms with Gasteiger partial charge in [-0.25, -0.2) is 0 Å². The molecule has 1 heterocycles. The molecule has 0 spiro atoms. The number of benzene rings is 1. The Morgan fingerprint density at radius 1 is 0.821 bits per heavy atom. The Balaban J connectivity index is 0.00000364. The molecule has 0 saturated carbocycles. The number of rotatable bonds is 7. The van der Waals surface area contributed by atoms with E-state index in [-0.39, 0.29) is 50.8 Å². The molecule has 0 aromatic heterocycles. The van der Waals surface area contributed by atoms with E-state index in [1.54, 1.807) is 16.9 Å². The predicted octanol–water partition coefficient (Wildman–Crippen LogP) is -8.38. The first-order valence-corrected chi connectivity index (χ1v) is 8.66. The Labute approximate surface area is 190 Å². The number of ether oxygens (including phenoxy) is 1. The van der Waals surface area contributed by atoms with Gasteiger partial charge in [-0.2, -0.15) is 0 Å². The first-order valence-electron chi connectivity index (χ1n) is 8.66. The van der Waals surface area contributed by atoms with Crippen LogP contribution in [0.5, 0.6) is 5.75 Å². The maximum Gasteiger partial charge on any atom is 1.00 e. The molecular weight excluding hydrogens is 352 g/mol. The Kier molecular flexibility index (Phi) is 13.6. The molecule has 0 unspecified atom stereocenters. The van der Waals surface area contributed by atoms with Crippen LogP contribution in [0, 0.1) is 0 Å². The number of carbonyl (C=O) groups excluding carboxylic acids is 2. The van der Waals surface area contributed by atoms with E-state index in [0.29, 0.717) is 45.8 Å². The van der Waals surface area contributed by atoms with Gasteiger partial charge in [0.15, 0.2) is 0 Å². The summed E-state index contributed by atoms with van der Waals surface area (Å²) >= 11 is 0. The summed E-state index contributed by atoms with van der Waals surface area (Å²) < 4.78 is 5.16. The van der Waals surface area contributed by atoms with Gasteiger partial charge in [0.05, 0.1) is 19.0 Å². The van der Waals surface area contributed by atoms with Crippen molar-refractivity contribution in [1.82, 2.24) is 14.7 Å². The zero-order valence-corrected chi connectivity index (χ0v) is 17.1. The second-order valence-corrected chi connectivity index (χ2v) is 6.42. The van der Waals surface area contributed by atoms with Crippen LogP contribution in [0.15, 0.2) is 24.3 Å². The summed E-state index contributed by atoms with van der Waals surface area (Å²) in [5, 5.41) is 21.9. The monoisotopic (exact) mass is 377 g/mol. The molecule has 1 fully saturated rings. The quantitative estimate of drug-likeness (QED) is 0.432. The normalized spacial score (nSPS) is 16.6. The van der Waals surface area contributed by atoms with Crippen molar-refractivity contribution in [3.05, 3.63) is 29.8 Å². The third-order valence-electron chi connectivity index (χ3n) is 4.47. The molecule has 0 aliphatic carbocycles. The van der Waals surface area contributed by atoms with E-state index in [2.05, 4.69) is 4.90 Å². The smallest absolute Gasteiger partial charge is 0.549 e. The second-order valence-electron chi connectivity index (χ2n) is 6.42. The molecule has 2 rings (SSSR count). The van der Waals surface area contributed by atoms with E-state index in [4.69, 9.17) is 4.74 Å². The van der Waals surface area contributed by atoms with Crippen molar-refractivity contribution in [3.8, 4) is 5.75 Å². The third kappa shape index (κ3) is 10.00. The van der Waals surface area contributed by atoms with Gasteiger partial charge in [0.2, 0.25) is 0 Å². The number of carboxylic acids is 2. The molecule has 0 bridgehead atoms. The van der Waals surface area contributed by atoms with Crippen molar-refractivity contribution in [3.63, 3.8) is 0 Å². The molecule has 1 aromatic carbocycles. The van der Waals surface area contributed by atoms with Crippen LogP contribution in [0.4, 0.5) is 0 Å². The fourth-order valence-corrected chi connectivity index (χ4v) is 3.01. The standard InChI is InChI=1S/C18H27N3O5.2Li/c1-26-16-4-2-15(3-5-16)12-19-6-8-20(13-17(22)23)10-11-21(9-7-19)14-18(24)25;;/h2-5H,6-14H2,1H3,(H,22,23)(H,24,25);;/q;2*+1/p-2. The van der Waals surface area contributed by atoms with Gasteiger partial charge in [0.1, 0.15) is 5.75 Å². The maximum atomic E-state index is 10.9. The molecular formula is C18H25Li2N3O5. The zero-order valence-electron chi connectivity index (χ0n) is 17.1. The fourth-order valence-electron chi connectivity index (χ4n) is 3.01. The SMILES string of the molecule is COc1ccc(CN2CCN(CC(=O)[O-])CCN(CC(=O)[O-])CC2)cc1.[Li+].[Li+]. The van der Waals surface area contributed by atoms with Crippen LogP contribution in [0.1, 0.15) is 5.56 Å². The number of hydrogen-bond donors (Lipinski definition) is 0. The van der Waals surface area contributed by atoms with Gasteiger partial charge < -0.3 is 24.5 Å². The van der Waals surface area contributed by atoms with Crippen molar-refractivity contribution < 1.29 is 62.3 Å². The molecule has 1 aliphatic rings. The van der Waals surface area contributed by atoms with Crippen LogP contribution in [-0.2, 0) is 16.1 Å². The van der Waals surface area contributed by atoms with Crippen LogP contribution < -0.4 is 52.7 Å². The predicted molar refractivity (Wildman–Crippen MR) is 91.2 cm³/mol. The van der Waals surface area contributed by atoms with Gasteiger partial charge in [-0.3, -0.25) is 14.7 Å². The Bertz CT molecular complexity index is 575. The minimum atomic E-state index is -1.13. The number of aliphatic carboxylic acids is 2. The van der Waals surface area contributed by atoms with Crippen LogP contribution >= 0.6 is 0 Å². The van der Waals surface area contributed by atoms with Crippen molar-refractivity contribution in [2.24, 2.45) is 0 Å². The fraction of sp³-hybridized carbons (Fsp3) is 0.556. The molecule has 10 heteroatoms. The summed E-state index contributed by atoms with van der Waals surface area (Å²) in [6.45, 7) is 3.91. The number of carbonyl (C=O) groups is 2. The number of methoxy groups -OCH3 is 1. The molecule has 0 amide bonds. The van der Waals surface area contributed by atoms with E-state index >= 15 is 0 Å². The average Bonchev–Trinajstić information content (AvgIpc) is 2.68. The van der Waals surface area contributed by atoms with Crippen LogP contribution in [-0.4, -0.2) is 86.1 Å². The average molecular weight is 377 g/mol. The van der Waals surface area contributed by atoms with E-state index in [1.165, 1.54) is 0 Å². The maximum absolute atomic E-state index is 10.9. The van der Waals surface area contributed by atoms with Gasteiger partial charge >= 0.3 is 37.7 Å². The summed E-state index contributed by atoms with van der Waals surface area (Å²) in [7, 11) is 1.62. The van der Waals surface area contributed by atoms with Gasteiger partial charge in [0, 0.05) is 58.9 Å². The number of hydrogen-bond acceptors (Lipinski definition) is 8. The van der Waals surface area contributed by atoms with Gasteiger partial charge in [-0.15, -0.1) is 0 Å². The summed E-state index contributed by atoms with van der Waals surface area (Å²) in [6, 6.07) is 7.78. The molecule has 0 radical (unpaired) electrons. The summed E-state index contributed by atoms with van der Waals surface area (Å²) in [4.78, 5) is 27.7. The Hall–Kier alpha value is -0.965. The van der Waals surface area contributed by atoms with Crippen molar-refractivity contribution in [1.29, 1.82) is 0 Å². The molecule has 144 valence electrons. The topological polar surface area (TPSA) is 99.2 Å². The second kappa shape index (κ2) is 14.1. The number of carboxylic acid groups (broad SMARTS) is 2.